The van der Waals surface area contributed by atoms with E-state index in [1.807, 2.05) is 20.8 Å². The second-order valence-corrected chi connectivity index (χ2v) is 4.70. The van der Waals surface area contributed by atoms with Crippen LogP contribution in [-0.2, 0) is 9.53 Å². The average Bonchev–Trinajstić information content (AvgIpc) is 1.95. The quantitative estimate of drug-likeness (QED) is 0.535. The molecule has 0 aliphatic carbocycles. The van der Waals surface area contributed by atoms with Gasteiger partial charge in [-0.1, -0.05) is 0 Å². The van der Waals surface area contributed by atoms with Crippen molar-refractivity contribution in [1.82, 2.24) is 5.32 Å². The molecule has 0 bridgehead atoms. The van der Waals surface area contributed by atoms with Gasteiger partial charge in [0, 0.05) is 6.54 Å². The van der Waals surface area contributed by atoms with Crippen molar-refractivity contribution in [3.05, 3.63) is 0 Å². The van der Waals surface area contributed by atoms with Crippen LogP contribution in [0.4, 0.5) is 0 Å². The van der Waals surface area contributed by atoms with E-state index in [1.165, 1.54) is 0 Å². The van der Waals surface area contributed by atoms with E-state index in [9.17, 15) is 4.79 Å². The molecule has 0 radical (unpaired) electrons. The SMILES string of the molecule is CC(S)C(=O)NCCOC(C)(C)C. The van der Waals surface area contributed by atoms with E-state index in [1.54, 1.807) is 6.92 Å². The Morgan fingerprint density at radius 1 is 1.54 bits per heavy atom. The molecule has 0 heterocycles. The van der Waals surface area contributed by atoms with Crippen LogP contribution in [0.5, 0.6) is 0 Å². The molecule has 3 nitrogen and oxygen atoms in total. The summed E-state index contributed by atoms with van der Waals surface area (Å²) in [5, 5.41) is 2.46. The molecule has 0 fully saturated rings. The van der Waals surface area contributed by atoms with Gasteiger partial charge in [0.1, 0.15) is 0 Å². The first-order valence-corrected chi connectivity index (χ1v) is 4.94. The third-order valence-electron chi connectivity index (χ3n) is 1.32. The summed E-state index contributed by atoms with van der Waals surface area (Å²) in [4.78, 5) is 11.0. The van der Waals surface area contributed by atoms with Gasteiger partial charge in [-0.25, -0.2) is 0 Å². The fraction of sp³-hybridized carbons (Fsp3) is 0.889. The Kier molecular flexibility index (Phi) is 5.40. The zero-order valence-corrected chi connectivity index (χ0v) is 9.65. The number of rotatable bonds is 4. The van der Waals surface area contributed by atoms with Crippen molar-refractivity contribution in [1.29, 1.82) is 0 Å². The maximum Gasteiger partial charge on any atom is 0.232 e. The second-order valence-electron chi connectivity index (χ2n) is 3.93. The third-order valence-corrected chi connectivity index (χ3v) is 1.55. The highest BCUT2D eigenvalue weighted by atomic mass is 32.1. The molecule has 4 heteroatoms. The van der Waals surface area contributed by atoms with Crippen LogP contribution < -0.4 is 5.32 Å². The van der Waals surface area contributed by atoms with Crippen molar-refractivity contribution in [2.24, 2.45) is 0 Å². The van der Waals surface area contributed by atoms with E-state index in [0.717, 1.165) is 0 Å². The number of hydrogen-bond donors (Lipinski definition) is 2. The molecular formula is C9H19NO2S. The van der Waals surface area contributed by atoms with Gasteiger partial charge in [-0.2, -0.15) is 12.6 Å². The lowest BCUT2D eigenvalue weighted by atomic mass is 10.2. The first kappa shape index (κ1) is 12.8. The monoisotopic (exact) mass is 205 g/mol. The Hall–Kier alpha value is -0.220. The van der Waals surface area contributed by atoms with Gasteiger partial charge >= 0.3 is 0 Å². The van der Waals surface area contributed by atoms with Crippen molar-refractivity contribution in [3.8, 4) is 0 Å². The van der Waals surface area contributed by atoms with Crippen LogP contribution in [0.1, 0.15) is 27.7 Å². The maximum absolute atomic E-state index is 11.0. The molecule has 0 saturated heterocycles. The van der Waals surface area contributed by atoms with Gasteiger partial charge in [0.25, 0.3) is 0 Å². The summed E-state index contributed by atoms with van der Waals surface area (Å²) in [6.45, 7) is 8.77. The number of carbonyl (C=O) groups is 1. The zero-order chi connectivity index (χ0) is 10.5. The summed E-state index contributed by atoms with van der Waals surface area (Å²) in [6.07, 6.45) is 0. The number of hydrogen-bond acceptors (Lipinski definition) is 3. The Bertz CT molecular complexity index is 163. The van der Waals surface area contributed by atoms with Crippen LogP contribution in [0, 0.1) is 0 Å². The van der Waals surface area contributed by atoms with E-state index in [2.05, 4.69) is 17.9 Å². The van der Waals surface area contributed by atoms with Crippen molar-refractivity contribution in [2.75, 3.05) is 13.2 Å². The van der Waals surface area contributed by atoms with E-state index < -0.39 is 0 Å². The molecule has 1 atom stereocenters. The van der Waals surface area contributed by atoms with Crippen LogP contribution >= 0.6 is 12.6 Å². The van der Waals surface area contributed by atoms with E-state index >= 15 is 0 Å². The molecule has 1 unspecified atom stereocenters. The number of thiol groups is 1. The van der Waals surface area contributed by atoms with Crippen molar-refractivity contribution >= 4 is 18.5 Å². The van der Waals surface area contributed by atoms with E-state index in [4.69, 9.17) is 4.74 Å². The van der Waals surface area contributed by atoms with Crippen molar-refractivity contribution < 1.29 is 9.53 Å². The van der Waals surface area contributed by atoms with Gasteiger partial charge in [-0.05, 0) is 27.7 Å². The molecular weight excluding hydrogens is 186 g/mol. The number of carbonyl (C=O) groups excluding carboxylic acids is 1. The Labute approximate surface area is 85.6 Å². The van der Waals surface area contributed by atoms with Crippen LogP contribution in [0.25, 0.3) is 0 Å². The number of ether oxygens (including phenoxy) is 1. The Balaban J connectivity index is 3.42. The van der Waals surface area contributed by atoms with Gasteiger partial charge in [0.2, 0.25) is 5.91 Å². The van der Waals surface area contributed by atoms with E-state index in [-0.39, 0.29) is 16.8 Å². The molecule has 0 saturated carbocycles. The van der Waals surface area contributed by atoms with Crippen LogP contribution in [0.2, 0.25) is 0 Å². The van der Waals surface area contributed by atoms with Crippen molar-refractivity contribution in [3.63, 3.8) is 0 Å². The van der Waals surface area contributed by atoms with Gasteiger partial charge in [-0.3, -0.25) is 4.79 Å². The maximum atomic E-state index is 11.0. The molecule has 0 aromatic carbocycles. The normalized spacial score (nSPS) is 13.9. The zero-order valence-electron chi connectivity index (χ0n) is 8.76. The first-order chi connectivity index (χ1) is 5.83. The van der Waals surface area contributed by atoms with E-state index in [0.29, 0.717) is 13.2 Å². The standard InChI is InChI=1S/C9H19NO2S/c1-7(13)8(11)10-5-6-12-9(2,3)4/h7,13H,5-6H2,1-4H3,(H,10,11). The van der Waals surface area contributed by atoms with Crippen LogP contribution in [0.15, 0.2) is 0 Å². The summed E-state index contributed by atoms with van der Waals surface area (Å²) in [6, 6.07) is 0. The lowest BCUT2D eigenvalue weighted by Crippen LogP contribution is -2.34. The summed E-state index contributed by atoms with van der Waals surface area (Å²) in [5.41, 5.74) is -0.142. The van der Waals surface area contributed by atoms with Crippen LogP contribution in [0.3, 0.4) is 0 Å². The molecule has 0 spiro atoms. The third kappa shape index (κ3) is 8.12. The lowest BCUT2D eigenvalue weighted by Gasteiger charge is -2.19. The fourth-order valence-corrected chi connectivity index (χ4v) is 0.770. The summed E-state index contributed by atoms with van der Waals surface area (Å²) in [7, 11) is 0. The van der Waals surface area contributed by atoms with Crippen molar-refractivity contribution in [2.45, 2.75) is 38.5 Å². The fourth-order valence-electron chi connectivity index (χ4n) is 0.679. The highest BCUT2D eigenvalue weighted by Crippen LogP contribution is 2.05. The topological polar surface area (TPSA) is 38.3 Å². The summed E-state index contributed by atoms with van der Waals surface area (Å²) in [5.74, 6) is -0.0548. The lowest BCUT2D eigenvalue weighted by molar-refractivity contribution is -0.120. The summed E-state index contributed by atoms with van der Waals surface area (Å²) >= 11 is 4.00. The number of nitrogens with one attached hydrogen (secondary N) is 1. The minimum absolute atomic E-state index is 0.0548. The minimum Gasteiger partial charge on any atom is -0.374 e. The molecule has 78 valence electrons. The Morgan fingerprint density at radius 2 is 2.08 bits per heavy atom. The highest BCUT2D eigenvalue weighted by Gasteiger charge is 2.10. The minimum atomic E-state index is -0.255. The predicted octanol–water partition coefficient (Wildman–Crippen LogP) is 1.24. The smallest absolute Gasteiger partial charge is 0.232 e. The van der Waals surface area contributed by atoms with Gasteiger partial charge < -0.3 is 10.1 Å². The molecule has 0 rings (SSSR count). The molecule has 13 heavy (non-hydrogen) atoms. The first-order valence-electron chi connectivity index (χ1n) is 4.42. The molecule has 0 aromatic rings. The molecule has 0 aliphatic rings. The molecule has 0 aliphatic heterocycles. The largest absolute Gasteiger partial charge is 0.374 e. The Morgan fingerprint density at radius 3 is 2.46 bits per heavy atom. The highest BCUT2D eigenvalue weighted by molar-refractivity contribution is 7.81. The average molecular weight is 205 g/mol. The summed E-state index contributed by atoms with van der Waals surface area (Å²) < 4.78 is 5.42. The number of amides is 1. The molecule has 1 amide bonds. The second kappa shape index (κ2) is 5.50. The van der Waals surface area contributed by atoms with Crippen LogP contribution in [-0.4, -0.2) is 29.9 Å². The van der Waals surface area contributed by atoms with Gasteiger partial charge in [0.05, 0.1) is 17.5 Å². The van der Waals surface area contributed by atoms with Gasteiger partial charge in [-0.15, -0.1) is 0 Å². The molecule has 1 N–H and O–H groups in total. The van der Waals surface area contributed by atoms with Gasteiger partial charge in [0.15, 0.2) is 0 Å². The predicted molar refractivity (Wildman–Crippen MR) is 57.2 cm³/mol. The molecule has 0 aromatic heterocycles.